The number of methoxy groups -OCH3 is 1. The molecule has 2 N–H and O–H groups in total. The largest absolute Gasteiger partial charge is 0.385 e. The van der Waals surface area contributed by atoms with Crippen molar-refractivity contribution in [2.24, 2.45) is 0 Å². The summed E-state index contributed by atoms with van der Waals surface area (Å²) in [5, 5.41) is 5.66. The van der Waals surface area contributed by atoms with Crippen LogP contribution in [0, 0.1) is 6.92 Å². The maximum atomic E-state index is 12.3. The summed E-state index contributed by atoms with van der Waals surface area (Å²) in [7, 11) is 1.63. The normalized spacial score (nSPS) is 10.4. The average Bonchev–Trinajstić information content (AvgIpc) is 2.65. The third-order valence-electron chi connectivity index (χ3n) is 3.65. The minimum Gasteiger partial charge on any atom is -0.385 e. The minimum absolute atomic E-state index is 0.143. The Morgan fingerprint density at radius 2 is 1.81 bits per heavy atom. The van der Waals surface area contributed by atoms with Gasteiger partial charge >= 0.3 is 0 Å². The number of ether oxygens (including phenoxy) is 1. The zero-order valence-corrected chi connectivity index (χ0v) is 15.9. The van der Waals surface area contributed by atoms with Gasteiger partial charge < -0.3 is 15.4 Å². The first-order valence-corrected chi connectivity index (χ1v) is 9.44. The monoisotopic (exact) mass is 372 g/mol. The molecule has 0 aromatic heterocycles. The zero-order valence-electron chi connectivity index (χ0n) is 15.1. The predicted octanol–water partition coefficient (Wildman–Crippen LogP) is 3.49. The van der Waals surface area contributed by atoms with Crippen LogP contribution in [0.5, 0.6) is 0 Å². The van der Waals surface area contributed by atoms with Gasteiger partial charge in [-0.05, 0) is 37.6 Å². The number of anilines is 1. The molecule has 0 spiro atoms. The average molecular weight is 372 g/mol. The Bertz CT molecular complexity index is 732. The van der Waals surface area contributed by atoms with E-state index in [9.17, 15) is 9.59 Å². The van der Waals surface area contributed by atoms with Gasteiger partial charge in [-0.2, -0.15) is 0 Å². The van der Waals surface area contributed by atoms with Crippen LogP contribution in [0.15, 0.2) is 53.4 Å². The van der Waals surface area contributed by atoms with E-state index in [2.05, 4.69) is 10.6 Å². The Balaban J connectivity index is 1.90. The Labute approximate surface area is 158 Å². The molecule has 5 nitrogen and oxygen atoms in total. The summed E-state index contributed by atoms with van der Waals surface area (Å²) in [4.78, 5) is 25.6. The highest BCUT2D eigenvalue weighted by atomic mass is 32.2. The number of carbonyl (C=O) groups excluding carboxylic acids is 2. The molecule has 6 heteroatoms. The number of carbonyl (C=O) groups is 2. The van der Waals surface area contributed by atoms with Gasteiger partial charge in [0.1, 0.15) is 0 Å². The van der Waals surface area contributed by atoms with Crippen molar-refractivity contribution in [2.75, 3.05) is 31.3 Å². The molecule has 0 atom stereocenters. The van der Waals surface area contributed by atoms with Crippen LogP contribution < -0.4 is 10.6 Å². The molecule has 2 rings (SSSR count). The maximum Gasteiger partial charge on any atom is 0.253 e. The fourth-order valence-electron chi connectivity index (χ4n) is 2.27. The second-order valence-electron chi connectivity index (χ2n) is 5.80. The van der Waals surface area contributed by atoms with Crippen molar-refractivity contribution in [3.63, 3.8) is 0 Å². The van der Waals surface area contributed by atoms with E-state index in [-0.39, 0.29) is 17.6 Å². The SMILES string of the molecule is COCCCNC(=O)c1ccccc1NC(=O)CSc1ccc(C)cc1. The summed E-state index contributed by atoms with van der Waals surface area (Å²) in [5.41, 5.74) is 2.16. The molecule has 0 aliphatic heterocycles. The van der Waals surface area contributed by atoms with E-state index < -0.39 is 0 Å². The van der Waals surface area contributed by atoms with Gasteiger partial charge in [-0.25, -0.2) is 0 Å². The molecule has 0 heterocycles. The number of hydrogen-bond donors (Lipinski definition) is 2. The number of rotatable bonds is 9. The highest BCUT2D eigenvalue weighted by Crippen LogP contribution is 2.20. The summed E-state index contributed by atoms with van der Waals surface area (Å²) in [6, 6.07) is 15.0. The van der Waals surface area contributed by atoms with Crippen LogP contribution in [-0.4, -0.2) is 37.8 Å². The third-order valence-corrected chi connectivity index (χ3v) is 4.66. The van der Waals surface area contributed by atoms with Gasteiger partial charge in [0.05, 0.1) is 17.0 Å². The molecule has 2 amide bonds. The number of nitrogens with one attached hydrogen (secondary N) is 2. The molecule has 2 aromatic rings. The van der Waals surface area contributed by atoms with E-state index in [1.807, 2.05) is 31.2 Å². The van der Waals surface area contributed by atoms with Crippen molar-refractivity contribution in [1.29, 1.82) is 0 Å². The molecule has 0 saturated carbocycles. The van der Waals surface area contributed by atoms with Crippen LogP contribution in [0.1, 0.15) is 22.3 Å². The summed E-state index contributed by atoms with van der Waals surface area (Å²) < 4.78 is 4.96. The molecule has 0 radical (unpaired) electrons. The highest BCUT2D eigenvalue weighted by Gasteiger charge is 2.13. The molecule has 0 aliphatic rings. The van der Waals surface area contributed by atoms with E-state index in [1.54, 1.807) is 31.4 Å². The van der Waals surface area contributed by atoms with Gasteiger partial charge in [0, 0.05) is 25.2 Å². The first kappa shape index (κ1) is 20.0. The van der Waals surface area contributed by atoms with Crippen molar-refractivity contribution in [3.8, 4) is 0 Å². The van der Waals surface area contributed by atoms with Gasteiger partial charge in [0.25, 0.3) is 5.91 Å². The van der Waals surface area contributed by atoms with E-state index in [4.69, 9.17) is 4.74 Å². The van der Waals surface area contributed by atoms with Crippen molar-refractivity contribution in [2.45, 2.75) is 18.2 Å². The molecule has 0 fully saturated rings. The Morgan fingerprint density at radius 3 is 2.54 bits per heavy atom. The fraction of sp³-hybridized carbons (Fsp3) is 0.300. The maximum absolute atomic E-state index is 12.3. The second-order valence-corrected chi connectivity index (χ2v) is 6.85. The van der Waals surface area contributed by atoms with Crippen molar-refractivity contribution in [1.82, 2.24) is 5.32 Å². The summed E-state index contributed by atoms with van der Waals surface area (Å²) in [6.07, 6.45) is 0.740. The van der Waals surface area contributed by atoms with Crippen molar-refractivity contribution in [3.05, 3.63) is 59.7 Å². The van der Waals surface area contributed by atoms with Crippen LogP contribution >= 0.6 is 11.8 Å². The van der Waals surface area contributed by atoms with Gasteiger partial charge in [-0.3, -0.25) is 9.59 Å². The van der Waals surface area contributed by atoms with E-state index in [0.717, 1.165) is 11.3 Å². The van der Waals surface area contributed by atoms with Crippen LogP contribution in [-0.2, 0) is 9.53 Å². The van der Waals surface area contributed by atoms with Gasteiger partial charge in [-0.1, -0.05) is 29.8 Å². The molecule has 2 aromatic carbocycles. The van der Waals surface area contributed by atoms with Crippen molar-refractivity contribution < 1.29 is 14.3 Å². The first-order valence-electron chi connectivity index (χ1n) is 8.45. The Hall–Kier alpha value is -2.31. The van der Waals surface area contributed by atoms with Crippen LogP contribution in [0.2, 0.25) is 0 Å². The molecule has 0 bridgehead atoms. The minimum atomic E-state index is -0.205. The molecule has 0 aliphatic carbocycles. The fourth-order valence-corrected chi connectivity index (χ4v) is 2.97. The predicted molar refractivity (Wildman–Crippen MR) is 106 cm³/mol. The van der Waals surface area contributed by atoms with Gasteiger partial charge in [0.15, 0.2) is 0 Å². The van der Waals surface area contributed by atoms with E-state index >= 15 is 0 Å². The zero-order chi connectivity index (χ0) is 18.8. The molecule has 138 valence electrons. The lowest BCUT2D eigenvalue weighted by Crippen LogP contribution is -2.27. The van der Waals surface area contributed by atoms with E-state index in [1.165, 1.54) is 17.3 Å². The number of hydrogen-bond acceptors (Lipinski definition) is 4. The molecular formula is C20H24N2O3S. The standard InChI is InChI=1S/C20H24N2O3S/c1-15-8-10-16(11-9-15)26-14-19(23)22-18-7-4-3-6-17(18)20(24)21-12-5-13-25-2/h3-4,6-11H,5,12-14H2,1-2H3,(H,21,24)(H,22,23). The molecular weight excluding hydrogens is 348 g/mol. The Kier molecular flexibility index (Phi) is 8.18. The summed E-state index contributed by atoms with van der Waals surface area (Å²) in [6.45, 7) is 3.14. The lowest BCUT2D eigenvalue weighted by molar-refractivity contribution is -0.113. The number of benzene rings is 2. The lowest BCUT2D eigenvalue weighted by atomic mass is 10.1. The third kappa shape index (κ3) is 6.54. The van der Waals surface area contributed by atoms with Gasteiger partial charge in [-0.15, -0.1) is 11.8 Å². The van der Waals surface area contributed by atoms with Crippen LogP contribution in [0.3, 0.4) is 0 Å². The highest BCUT2D eigenvalue weighted by molar-refractivity contribution is 8.00. The van der Waals surface area contributed by atoms with E-state index in [0.29, 0.717) is 24.4 Å². The van der Waals surface area contributed by atoms with Crippen LogP contribution in [0.25, 0.3) is 0 Å². The number of thioether (sulfide) groups is 1. The Morgan fingerprint density at radius 1 is 1.08 bits per heavy atom. The van der Waals surface area contributed by atoms with Gasteiger partial charge in [0.2, 0.25) is 5.91 Å². The molecule has 0 unspecified atom stereocenters. The molecule has 26 heavy (non-hydrogen) atoms. The smallest absolute Gasteiger partial charge is 0.253 e. The lowest BCUT2D eigenvalue weighted by Gasteiger charge is -2.11. The topological polar surface area (TPSA) is 67.4 Å². The van der Waals surface area contributed by atoms with Crippen molar-refractivity contribution >= 4 is 29.3 Å². The quantitative estimate of drug-likeness (QED) is 0.522. The number of amides is 2. The molecule has 0 saturated heterocycles. The summed E-state index contributed by atoms with van der Waals surface area (Å²) in [5.74, 6) is -0.0641. The van der Waals surface area contributed by atoms with Crippen LogP contribution in [0.4, 0.5) is 5.69 Å². The second kappa shape index (κ2) is 10.6. The first-order chi connectivity index (χ1) is 12.6. The summed E-state index contributed by atoms with van der Waals surface area (Å²) >= 11 is 1.46. The number of para-hydroxylation sites is 1. The number of aryl methyl sites for hydroxylation is 1.